The molecule has 0 aromatic rings. The zero-order chi connectivity index (χ0) is 30.3. The van der Waals surface area contributed by atoms with E-state index in [1.54, 1.807) is 0 Å². The summed E-state index contributed by atoms with van der Waals surface area (Å²) in [5.41, 5.74) is 0. The summed E-state index contributed by atoms with van der Waals surface area (Å²) < 4.78 is 56.3. The first-order valence-electron chi connectivity index (χ1n) is 16.2. The van der Waals surface area contributed by atoms with Gasteiger partial charge in [-0.1, -0.05) is 68.0 Å². The van der Waals surface area contributed by atoms with Crippen LogP contribution in [0.5, 0.6) is 0 Å². The van der Waals surface area contributed by atoms with E-state index in [-0.39, 0.29) is 0 Å². The van der Waals surface area contributed by atoms with Gasteiger partial charge in [-0.25, -0.2) is 0 Å². The van der Waals surface area contributed by atoms with Crippen molar-refractivity contribution in [1.82, 2.24) is 0 Å². The van der Waals surface area contributed by atoms with Gasteiger partial charge in [0.05, 0.1) is 119 Å². The van der Waals surface area contributed by atoms with Gasteiger partial charge in [0.2, 0.25) is 0 Å². The number of hydrogen-bond acceptors (Lipinski definition) is 10. The lowest BCUT2D eigenvalue weighted by Gasteiger charge is -2.09. The third kappa shape index (κ3) is 40.3. The number of hydrogen-bond donors (Lipinski definition) is 0. The molecule has 0 atom stereocenters. The summed E-state index contributed by atoms with van der Waals surface area (Å²) in [7, 11) is 0. The Hall–Kier alpha value is 0.330. The first-order chi connectivity index (χ1) is 20.9. The molecule has 0 amide bonds. The third-order valence-electron chi connectivity index (χ3n) is 5.91. The lowest BCUT2D eigenvalue weighted by molar-refractivity contribution is -0.0264. The van der Waals surface area contributed by atoms with Crippen molar-refractivity contribution in [3.63, 3.8) is 0 Å². The van der Waals surface area contributed by atoms with E-state index >= 15 is 0 Å². The molecule has 0 aliphatic rings. The van der Waals surface area contributed by atoms with Crippen molar-refractivity contribution in [2.45, 2.75) is 64.7 Å². The maximum atomic E-state index is 5.56. The first kappa shape index (κ1) is 42.3. The molecule has 0 saturated heterocycles. The second-order valence-corrected chi connectivity index (χ2v) is 10.7. The van der Waals surface area contributed by atoms with E-state index in [1.165, 1.54) is 49.4 Å². The largest absolute Gasteiger partial charge is 0.379 e. The van der Waals surface area contributed by atoms with Crippen molar-refractivity contribution in [2.24, 2.45) is 0 Å². The molecule has 0 aliphatic carbocycles. The summed E-state index contributed by atoms with van der Waals surface area (Å²) in [4.78, 5) is 0. The van der Waals surface area contributed by atoms with Gasteiger partial charge < -0.3 is 47.4 Å². The minimum absolute atomic E-state index is 0.534. The quantitative estimate of drug-likeness (QED) is 0.0484. The number of halogens is 1. The molecule has 0 fully saturated rings. The van der Waals surface area contributed by atoms with Crippen LogP contribution in [0, 0.1) is 0 Å². The molecule has 0 radical (unpaired) electrons. The lowest BCUT2D eigenvalue weighted by atomic mass is 10.2. The van der Waals surface area contributed by atoms with Crippen molar-refractivity contribution in [1.29, 1.82) is 0 Å². The Bertz CT molecular complexity index is 425. The van der Waals surface area contributed by atoms with Gasteiger partial charge in [-0.15, -0.1) is 0 Å². The Labute approximate surface area is 270 Å². The molecule has 0 heterocycles. The molecule has 0 bridgehead atoms. The normalized spacial score (nSPS) is 11.6. The molecule has 0 aromatic heterocycles. The maximum absolute atomic E-state index is 5.56. The van der Waals surface area contributed by atoms with Crippen molar-refractivity contribution >= 4 is 22.6 Å². The summed E-state index contributed by atoms with van der Waals surface area (Å²) in [6.07, 6.45) is 11.3. The van der Waals surface area contributed by atoms with E-state index in [2.05, 4.69) is 29.5 Å². The molecule has 254 valence electrons. The summed E-state index contributed by atoms with van der Waals surface area (Å²) >= 11 is 2.42. The van der Waals surface area contributed by atoms with Crippen LogP contribution in [-0.2, 0) is 47.4 Å². The maximum Gasteiger partial charge on any atom is 0.0701 e. The van der Waals surface area contributed by atoms with Gasteiger partial charge >= 0.3 is 0 Å². The molecule has 0 N–H and O–H groups in total. The van der Waals surface area contributed by atoms with E-state index in [9.17, 15) is 0 Å². The minimum atomic E-state index is 0.534. The Morgan fingerprint density at radius 1 is 0.262 bits per heavy atom. The highest BCUT2D eigenvalue weighted by Gasteiger charge is 1.96. The molecule has 11 heteroatoms. The monoisotopic (exact) mass is 722 g/mol. The van der Waals surface area contributed by atoms with Crippen LogP contribution >= 0.6 is 22.6 Å². The summed E-state index contributed by atoms with van der Waals surface area (Å²) in [5.74, 6) is 0. The molecule has 0 unspecified atom stereocenters. The topological polar surface area (TPSA) is 92.3 Å². The van der Waals surface area contributed by atoms with Crippen LogP contribution in [0.4, 0.5) is 0 Å². The van der Waals surface area contributed by atoms with Gasteiger partial charge in [-0.05, 0) is 23.7 Å². The Morgan fingerprint density at radius 2 is 0.476 bits per heavy atom. The molecular formula is C31H63IO10. The molecular weight excluding hydrogens is 659 g/mol. The highest BCUT2D eigenvalue weighted by molar-refractivity contribution is 14.1. The summed E-state index contributed by atoms with van der Waals surface area (Å²) in [5, 5.41) is 0. The highest BCUT2D eigenvalue weighted by atomic mass is 127. The van der Waals surface area contributed by atoms with Gasteiger partial charge in [-0.2, -0.15) is 0 Å². The van der Waals surface area contributed by atoms with Crippen molar-refractivity contribution in [3.8, 4) is 0 Å². The van der Waals surface area contributed by atoms with Crippen LogP contribution < -0.4 is 0 Å². The highest BCUT2D eigenvalue weighted by Crippen LogP contribution is 2.03. The second-order valence-electron chi connectivity index (χ2n) is 9.64. The SMILES string of the molecule is CCCCCCCOCCOCCOCCOCCOCCOCCOCCOCCOCCOCCCCCCI. The fourth-order valence-electron chi connectivity index (χ4n) is 3.54. The smallest absolute Gasteiger partial charge is 0.0701 e. The number of alkyl halides is 1. The molecule has 0 saturated carbocycles. The summed E-state index contributed by atoms with van der Waals surface area (Å²) in [6, 6.07) is 0. The van der Waals surface area contributed by atoms with E-state index in [1.807, 2.05) is 0 Å². The van der Waals surface area contributed by atoms with Crippen LogP contribution in [-0.4, -0.2) is 137 Å². The summed E-state index contributed by atoms with van der Waals surface area (Å²) in [6.45, 7) is 14.1. The van der Waals surface area contributed by atoms with Crippen molar-refractivity contribution in [2.75, 3.05) is 137 Å². The van der Waals surface area contributed by atoms with Crippen LogP contribution in [0.1, 0.15) is 64.7 Å². The number of rotatable bonds is 39. The molecule has 0 spiro atoms. The first-order valence-corrected chi connectivity index (χ1v) is 17.8. The molecule has 0 rings (SSSR count). The van der Waals surface area contributed by atoms with Crippen molar-refractivity contribution in [3.05, 3.63) is 0 Å². The van der Waals surface area contributed by atoms with Crippen LogP contribution in [0.25, 0.3) is 0 Å². The Kier molecular flexibility index (Phi) is 41.7. The van der Waals surface area contributed by atoms with E-state index < -0.39 is 0 Å². The lowest BCUT2D eigenvalue weighted by Crippen LogP contribution is -2.15. The van der Waals surface area contributed by atoms with E-state index in [0.717, 1.165) is 26.1 Å². The average molecular weight is 723 g/mol. The van der Waals surface area contributed by atoms with Gasteiger partial charge in [-0.3, -0.25) is 0 Å². The van der Waals surface area contributed by atoms with Gasteiger partial charge in [0.25, 0.3) is 0 Å². The van der Waals surface area contributed by atoms with Gasteiger partial charge in [0, 0.05) is 13.2 Å². The van der Waals surface area contributed by atoms with Gasteiger partial charge in [0.15, 0.2) is 0 Å². The zero-order valence-corrected chi connectivity index (χ0v) is 28.8. The predicted octanol–water partition coefficient (Wildman–Crippen LogP) is 5.12. The average Bonchev–Trinajstić information content (AvgIpc) is 3.00. The fraction of sp³-hybridized carbons (Fsp3) is 1.00. The fourth-order valence-corrected chi connectivity index (χ4v) is 4.08. The van der Waals surface area contributed by atoms with Crippen LogP contribution in [0.3, 0.4) is 0 Å². The Morgan fingerprint density at radius 3 is 0.714 bits per heavy atom. The van der Waals surface area contributed by atoms with Crippen LogP contribution in [0.15, 0.2) is 0 Å². The number of unbranched alkanes of at least 4 members (excludes halogenated alkanes) is 7. The zero-order valence-electron chi connectivity index (χ0n) is 26.7. The number of ether oxygens (including phenoxy) is 10. The van der Waals surface area contributed by atoms with Crippen molar-refractivity contribution < 1.29 is 47.4 Å². The van der Waals surface area contributed by atoms with Gasteiger partial charge in [0.1, 0.15) is 0 Å². The molecule has 0 aliphatic heterocycles. The van der Waals surface area contributed by atoms with E-state index in [4.69, 9.17) is 47.4 Å². The van der Waals surface area contributed by atoms with Crippen LogP contribution in [0.2, 0.25) is 0 Å². The Balaban J connectivity index is 3.02. The molecule has 42 heavy (non-hydrogen) atoms. The molecule has 10 nitrogen and oxygen atoms in total. The third-order valence-corrected chi connectivity index (χ3v) is 6.68. The van der Waals surface area contributed by atoms with E-state index in [0.29, 0.717) is 119 Å². The minimum Gasteiger partial charge on any atom is -0.379 e. The molecule has 0 aromatic carbocycles. The predicted molar refractivity (Wildman–Crippen MR) is 174 cm³/mol. The standard InChI is InChI=1S/C31H63IO10/c1-2-3-4-6-9-12-33-14-16-35-18-20-37-22-24-39-26-28-41-30-31-42-29-27-40-25-23-38-21-19-36-17-15-34-13-10-7-5-8-11-32/h2-31H2,1H3. The second kappa shape index (κ2) is 41.3.